The van der Waals surface area contributed by atoms with Gasteiger partial charge in [0.1, 0.15) is 16.6 Å². The lowest BCUT2D eigenvalue weighted by Gasteiger charge is -2.31. The van der Waals surface area contributed by atoms with Gasteiger partial charge >= 0.3 is 6.03 Å². The quantitative estimate of drug-likeness (QED) is 0.319. The number of hydrogen-bond acceptors (Lipinski definition) is 2. The Morgan fingerprint density at radius 3 is 2.71 bits per heavy atom. The number of nitrogens with one attached hydrogen (secondary N) is 1. The number of nitrogens with zero attached hydrogens (tertiary/aromatic N) is 2. The van der Waals surface area contributed by atoms with Crippen LogP contribution in [0.2, 0.25) is 0 Å². The first-order valence-corrected chi connectivity index (χ1v) is 12.7. The molecule has 178 valence electrons. The van der Waals surface area contributed by atoms with Crippen LogP contribution < -0.4 is 5.32 Å². The van der Waals surface area contributed by atoms with Gasteiger partial charge < -0.3 is 14.8 Å². The number of carbonyl (C=O) groups excluding carboxylic acids is 1. The average molecular weight is 490 g/mol. The maximum atomic E-state index is 14.5. The Morgan fingerprint density at radius 1 is 1.03 bits per heavy atom. The zero-order valence-corrected chi connectivity index (χ0v) is 20.2. The molecule has 6 rings (SSSR count). The van der Waals surface area contributed by atoms with Crippen LogP contribution in [0.1, 0.15) is 51.7 Å². The Bertz CT molecular complexity index is 1440. The molecule has 4 aromatic rings. The van der Waals surface area contributed by atoms with Gasteiger partial charge in [0.15, 0.2) is 0 Å². The number of thiophene rings is 1. The average Bonchev–Trinajstić information content (AvgIpc) is 3.42. The number of fused-ring (bicyclic) bond motifs is 5. The van der Waals surface area contributed by atoms with Gasteiger partial charge in [-0.2, -0.15) is 0 Å². The van der Waals surface area contributed by atoms with E-state index in [0.29, 0.717) is 6.54 Å². The van der Waals surface area contributed by atoms with Crippen LogP contribution in [0.15, 0.2) is 60.8 Å². The molecule has 0 spiro atoms. The maximum absolute atomic E-state index is 14.5. The molecule has 7 heteroatoms. The minimum atomic E-state index is -0.794. The van der Waals surface area contributed by atoms with Crippen molar-refractivity contribution < 1.29 is 13.6 Å². The monoisotopic (exact) mass is 489 g/mol. The zero-order valence-electron chi connectivity index (χ0n) is 19.4. The highest BCUT2D eigenvalue weighted by Crippen LogP contribution is 2.44. The number of aromatic nitrogens is 1. The third-order valence-corrected chi connectivity index (χ3v) is 8.30. The molecule has 1 unspecified atom stereocenters. The first-order chi connectivity index (χ1) is 17.0. The van der Waals surface area contributed by atoms with E-state index in [0.717, 1.165) is 53.2 Å². The van der Waals surface area contributed by atoms with Gasteiger partial charge in [-0.3, -0.25) is 0 Å². The lowest BCUT2D eigenvalue weighted by molar-refractivity contribution is 0.194. The van der Waals surface area contributed by atoms with E-state index >= 15 is 0 Å². The van der Waals surface area contributed by atoms with Crippen LogP contribution in [0.4, 0.5) is 19.3 Å². The summed E-state index contributed by atoms with van der Waals surface area (Å²) in [5.41, 5.74) is 5.57. The van der Waals surface area contributed by atoms with E-state index in [1.807, 2.05) is 42.5 Å². The van der Waals surface area contributed by atoms with Crippen LogP contribution >= 0.6 is 11.3 Å². The number of halogens is 2. The van der Waals surface area contributed by atoms with Crippen molar-refractivity contribution in [3.63, 3.8) is 0 Å². The van der Waals surface area contributed by atoms with Gasteiger partial charge in [-0.1, -0.05) is 29.8 Å². The van der Waals surface area contributed by atoms with E-state index in [2.05, 4.69) is 28.2 Å². The SMILES string of the molecule is Cc1cccc(C2c3cccn3-c3sc4c(c3CN2C(=O)Nc2ccc(F)cc2F)CCCC4)c1. The van der Waals surface area contributed by atoms with Gasteiger partial charge in [0.05, 0.1) is 24.0 Å². The first-order valence-electron chi connectivity index (χ1n) is 11.9. The second-order valence-corrected chi connectivity index (χ2v) is 10.4. The van der Waals surface area contributed by atoms with Crippen molar-refractivity contribution in [2.75, 3.05) is 5.32 Å². The molecule has 3 heterocycles. The highest BCUT2D eigenvalue weighted by molar-refractivity contribution is 7.15. The summed E-state index contributed by atoms with van der Waals surface area (Å²) in [6.07, 6.45) is 6.47. The molecule has 1 atom stereocenters. The van der Waals surface area contributed by atoms with E-state index in [1.54, 1.807) is 4.90 Å². The van der Waals surface area contributed by atoms with Crippen molar-refractivity contribution in [1.82, 2.24) is 9.47 Å². The Morgan fingerprint density at radius 2 is 1.89 bits per heavy atom. The largest absolute Gasteiger partial charge is 0.323 e. The molecular weight excluding hydrogens is 464 g/mol. The molecule has 0 bridgehead atoms. The van der Waals surface area contributed by atoms with Gasteiger partial charge in [-0.15, -0.1) is 11.3 Å². The molecular formula is C28H25F2N3OS. The van der Waals surface area contributed by atoms with Crippen molar-refractivity contribution in [3.05, 3.63) is 105 Å². The number of hydrogen-bond donors (Lipinski definition) is 1. The Balaban J connectivity index is 1.50. The lowest BCUT2D eigenvalue weighted by Crippen LogP contribution is -2.38. The second-order valence-electron chi connectivity index (χ2n) is 9.30. The molecule has 0 saturated heterocycles. The second kappa shape index (κ2) is 8.64. The molecule has 1 N–H and O–H groups in total. The fourth-order valence-electron chi connectivity index (χ4n) is 5.36. The minimum Gasteiger partial charge on any atom is -0.310 e. The molecule has 35 heavy (non-hydrogen) atoms. The topological polar surface area (TPSA) is 37.3 Å². The smallest absolute Gasteiger partial charge is 0.310 e. The first kappa shape index (κ1) is 22.0. The summed E-state index contributed by atoms with van der Waals surface area (Å²) >= 11 is 1.82. The normalized spacial score (nSPS) is 16.8. The lowest BCUT2D eigenvalue weighted by atomic mass is 9.95. The zero-order chi connectivity index (χ0) is 24.1. The van der Waals surface area contributed by atoms with Gasteiger partial charge in [0, 0.05) is 22.7 Å². The summed E-state index contributed by atoms with van der Waals surface area (Å²) in [5, 5.41) is 3.88. The molecule has 0 radical (unpaired) electrons. The van der Waals surface area contributed by atoms with Gasteiger partial charge in [-0.25, -0.2) is 13.6 Å². The number of carbonyl (C=O) groups is 1. The molecule has 0 saturated carbocycles. The molecule has 0 fully saturated rings. The molecule has 2 aromatic heterocycles. The minimum absolute atomic E-state index is 0.0356. The predicted molar refractivity (Wildman–Crippen MR) is 134 cm³/mol. The highest BCUT2D eigenvalue weighted by atomic mass is 32.1. The van der Waals surface area contributed by atoms with Crippen molar-refractivity contribution in [3.8, 4) is 5.00 Å². The van der Waals surface area contributed by atoms with Crippen LogP contribution in [-0.2, 0) is 19.4 Å². The Labute approximate surface area is 206 Å². The van der Waals surface area contributed by atoms with Crippen LogP contribution in [0, 0.1) is 18.6 Å². The van der Waals surface area contributed by atoms with E-state index in [-0.39, 0.29) is 11.7 Å². The number of urea groups is 1. The molecule has 2 aliphatic rings. The van der Waals surface area contributed by atoms with Gasteiger partial charge in [0.2, 0.25) is 0 Å². The van der Waals surface area contributed by atoms with Gasteiger partial charge in [-0.05, 0) is 68.0 Å². The molecule has 2 amide bonds. The summed E-state index contributed by atoms with van der Waals surface area (Å²) in [6.45, 7) is 2.45. The number of anilines is 1. The van der Waals surface area contributed by atoms with Crippen molar-refractivity contribution in [1.29, 1.82) is 0 Å². The Kier molecular flexibility index (Phi) is 5.44. The molecule has 4 nitrogen and oxygen atoms in total. The fourth-order valence-corrected chi connectivity index (χ4v) is 6.76. The van der Waals surface area contributed by atoms with Crippen molar-refractivity contribution in [2.24, 2.45) is 0 Å². The highest BCUT2D eigenvalue weighted by Gasteiger charge is 2.36. The van der Waals surface area contributed by atoms with Crippen molar-refractivity contribution >= 4 is 23.1 Å². The maximum Gasteiger partial charge on any atom is 0.323 e. The summed E-state index contributed by atoms with van der Waals surface area (Å²) < 4.78 is 30.1. The number of rotatable bonds is 2. The predicted octanol–water partition coefficient (Wildman–Crippen LogP) is 7.14. The van der Waals surface area contributed by atoms with Crippen molar-refractivity contribution in [2.45, 2.75) is 45.2 Å². The van der Waals surface area contributed by atoms with Crippen LogP contribution in [-0.4, -0.2) is 15.5 Å². The Hall–Kier alpha value is -3.45. The molecule has 2 aromatic carbocycles. The van der Waals surface area contributed by atoms with Crippen LogP contribution in [0.25, 0.3) is 5.00 Å². The number of amides is 2. The summed E-state index contributed by atoms with van der Waals surface area (Å²) in [5.74, 6) is -1.47. The summed E-state index contributed by atoms with van der Waals surface area (Å²) in [7, 11) is 0. The number of aryl methyl sites for hydroxylation is 2. The third kappa shape index (κ3) is 3.84. The number of benzene rings is 2. The molecule has 1 aliphatic heterocycles. The van der Waals surface area contributed by atoms with Crippen LogP contribution in [0.3, 0.4) is 0 Å². The van der Waals surface area contributed by atoms with E-state index in [4.69, 9.17) is 0 Å². The standard InChI is InChI=1S/C28H25F2N3OS/c1-17-6-4-7-18(14-17)26-24-9-5-13-32(24)27-21(20-8-2-3-10-25(20)35-27)16-33(26)28(34)31-23-12-11-19(29)15-22(23)30/h4-7,9,11-15,26H,2-3,8,10,16H2,1H3,(H,31,34). The van der Waals surface area contributed by atoms with Crippen LogP contribution in [0.5, 0.6) is 0 Å². The van der Waals surface area contributed by atoms with E-state index < -0.39 is 17.7 Å². The summed E-state index contributed by atoms with van der Waals surface area (Å²) in [4.78, 5) is 17.0. The molecule has 1 aliphatic carbocycles. The summed E-state index contributed by atoms with van der Waals surface area (Å²) in [6, 6.07) is 14.6. The third-order valence-electron chi connectivity index (χ3n) is 6.97. The van der Waals surface area contributed by atoms with E-state index in [9.17, 15) is 13.6 Å². The van der Waals surface area contributed by atoms with E-state index in [1.165, 1.54) is 28.5 Å². The fraction of sp³-hybridized carbons (Fsp3) is 0.250. The van der Waals surface area contributed by atoms with Gasteiger partial charge in [0.25, 0.3) is 0 Å².